The van der Waals surface area contributed by atoms with Crippen molar-refractivity contribution in [2.45, 2.75) is 25.9 Å². The maximum atomic E-state index is 9.06. The average molecular weight is 210 g/mol. The zero-order valence-corrected chi connectivity index (χ0v) is 9.45. The summed E-state index contributed by atoms with van der Waals surface area (Å²) in [6.07, 6.45) is 1.76. The van der Waals surface area contributed by atoms with Crippen LogP contribution in [-0.2, 0) is 6.54 Å². The normalized spacial score (nSPS) is 11.5. The molecule has 1 rings (SSSR count). The number of rotatable bonds is 5. The van der Waals surface area contributed by atoms with Crippen molar-refractivity contribution >= 4 is 0 Å². The minimum absolute atomic E-state index is 0.108. The van der Waals surface area contributed by atoms with Gasteiger partial charge in [0.05, 0.1) is 13.7 Å². The van der Waals surface area contributed by atoms with E-state index < -0.39 is 0 Å². The predicted octanol–water partition coefficient (Wildman–Crippen LogP) is 0.951. The van der Waals surface area contributed by atoms with Gasteiger partial charge in [0.25, 0.3) is 0 Å². The van der Waals surface area contributed by atoms with E-state index >= 15 is 0 Å². The Labute approximate surface area is 90.3 Å². The smallest absolute Gasteiger partial charge is 0.212 e. The van der Waals surface area contributed by atoms with E-state index in [2.05, 4.69) is 10.3 Å². The Morgan fingerprint density at radius 1 is 1.47 bits per heavy atom. The molecule has 0 spiro atoms. The molecule has 1 aromatic rings. The van der Waals surface area contributed by atoms with Crippen LogP contribution in [0.1, 0.15) is 19.4 Å². The molecule has 0 unspecified atom stereocenters. The lowest BCUT2D eigenvalue weighted by atomic mass is 10.1. The minimum Gasteiger partial charge on any atom is -0.481 e. The highest BCUT2D eigenvalue weighted by atomic mass is 16.5. The molecule has 0 bridgehead atoms. The first-order valence-electron chi connectivity index (χ1n) is 4.92. The number of aliphatic hydroxyl groups excluding tert-OH is 1. The first-order valence-corrected chi connectivity index (χ1v) is 4.92. The third-order valence-electron chi connectivity index (χ3n) is 2.17. The highest BCUT2D eigenvalue weighted by Crippen LogP contribution is 2.08. The third-order valence-corrected chi connectivity index (χ3v) is 2.17. The van der Waals surface area contributed by atoms with E-state index in [0.29, 0.717) is 12.4 Å². The maximum Gasteiger partial charge on any atom is 0.212 e. The Morgan fingerprint density at radius 2 is 2.20 bits per heavy atom. The number of aliphatic hydroxyl groups is 1. The molecule has 1 aromatic heterocycles. The molecular formula is C11H18N2O2. The van der Waals surface area contributed by atoms with Gasteiger partial charge in [-0.15, -0.1) is 0 Å². The number of nitrogens with one attached hydrogen (secondary N) is 1. The van der Waals surface area contributed by atoms with E-state index in [9.17, 15) is 0 Å². The number of hydrogen-bond acceptors (Lipinski definition) is 4. The largest absolute Gasteiger partial charge is 0.481 e. The Kier molecular flexibility index (Phi) is 4.05. The van der Waals surface area contributed by atoms with Gasteiger partial charge in [0.2, 0.25) is 5.88 Å². The fourth-order valence-electron chi connectivity index (χ4n) is 1.03. The third kappa shape index (κ3) is 3.85. The van der Waals surface area contributed by atoms with Gasteiger partial charge in [0, 0.05) is 24.3 Å². The van der Waals surface area contributed by atoms with Crippen LogP contribution >= 0.6 is 0 Å². The lowest BCUT2D eigenvalue weighted by Gasteiger charge is -2.23. The van der Waals surface area contributed by atoms with Crippen LogP contribution in [-0.4, -0.2) is 29.3 Å². The average Bonchev–Trinajstić information content (AvgIpc) is 2.27. The molecule has 0 aliphatic carbocycles. The van der Waals surface area contributed by atoms with Crippen LogP contribution in [0.4, 0.5) is 0 Å². The van der Waals surface area contributed by atoms with Gasteiger partial charge in [-0.25, -0.2) is 4.98 Å². The van der Waals surface area contributed by atoms with Crippen molar-refractivity contribution in [3.63, 3.8) is 0 Å². The Morgan fingerprint density at radius 3 is 2.67 bits per heavy atom. The molecule has 0 saturated carbocycles. The molecule has 4 heteroatoms. The SMILES string of the molecule is COc1ccc(CNC(C)(C)CO)cn1. The molecule has 1 heterocycles. The number of hydrogen-bond donors (Lipinski definition) is 2. The fourth-order valence-corrected chi connectivity index (χ4v) is 1.03. The highest BCUT2D eigenvalue weighted by Gasteiger charge is 2.14. The van der Waals surface area contributed by atoms with Crippen LogP contribution in [0.2, 0.25) is 0 Å². The van der Waals surface area contributed by atoms with E-state index in [-0.39, 0.29) is 12.1 Å². The van der Waals surface area contributed by atoms with Gasteiger partial charge < -0.3 is 15.2 Å². The molecule has 84 valence electrons. The fraction of sp³-hybridized carbons (Fsp3) is 0.545. The summed E-state index contributed by atoms with van der Waals surface area (Å²) in [5.41, 5.74) is 0.803. The van der Waals surface area contributed by atoms with Gasteiger partial charge in [0.15, 0.2) is 0 Å². The van der Waals surface area contributed by atoms with Crippen molar-refractivity contribution in [2.24, 2.45) is 0 Å². The topological polar surface area (TPSA) is 54.4 Å². The summed E-state index contributed by atoms with van der Waals surface area (Å²) < 4.78 is 4.96. The van der Waals surface area contributed by atoms with Crippen molar-refractivity contribution in [3.8, 4) is 5.88 Å². The van der Waals surface area contributed by atoms with Crippen molar-refractivity contribution in [1.82, 2.24) is 10.3 Å². The molecule has 0 radical (unpaired) electrons. The standard InChI is InChI=1S/C11H18N2O2/c1-11(2,8-14)13-7-9-4-5-10(15-3)12-6-9/h4-6,13-14H,7-8H2,1-3H3. The molecule has 0 aliphatic rings. The summed E-state index contributed by atoms with van der Waals surface area (Å²) in [7, 11) is 1.59. The molecule has 2 N–H and O–H groups in total. The van der Waals surface area contributed by atoms with E-state index in [1.165, 1.54) is 0 Å². The predicted molar refractivity (Wildman–Crippen MR) is 58.8 cm³/mol. The van der Waals surface area contributed by atoms with Crippen molar-refractivity contribution in [2.75, 3.05) is 13.7 Å². The number of pyridine rings is 1. The summed E-state index contributed by atoms with van der Waals surface area (Å²) in [4.78, 5) is 4.10. The van der Waals surface area contributed by atoms with Gasteiger partial charge >= 0.3 is 0 Å². The summed E-state index contributed by atoms with van der Waals surface area (Å²) in [6.45, 7) is 4.69. The Balaban J connectivity index is 2.51. The van der Waals surface area contributed by atoms with E-state index in [0.717, 1.165) is 5.56 Å². The number of methoxy groups -OCH3 is 1. The molecule has 0 saturated heterocycles. The molecule has 0 fully saturated rings. The summed E-state index contributed by atoms with van der Waals surface area (Å²) in [5.74, 6) is 0.611. The monoisotopic (exact) mass is 210 g/mol. The van der Waals surface area contributed by atoms with Gasteiger partial charge in [-0.1, -0.05) is 6.07 Å². The van der Waals surface area contributed by atoms with Crippen LogP contribution in [0.3, 0.4) is 0 Å². The molecule has 0 amide bonds. The molecule has 4 nitrogen and oxygen atoms in total. The Bertz CT molecular complexity index is 296. The second-order valence-corrected chi connectivity index (χ2v) is 4.10. The first-order chi connectivity index (χ1) is 7.07. The zero-order valence-electron chi connectivity index (χ0n) is 9.45. The molecular weight excluding hydrogens is 192 g/mol. The molecule has 0 atom stereocenters. The minimum atomic E-state index is -0.264. The lowest BCUT2D eigenvalue weighted by Crippen LogP contribution is -2.42. The summed E-state index contributed by atoms with van der Waals surface area (Å²) in [5, 5.41) is 12.3. The van der Waals surface area contributed by atoms with Crippen LogP contribution in [0.25, 0.3) is 0 Å². The van der Waals surface area contributed by atoms with E-state index in [4.69, 9.17) is 9.84 Å². The lowest BCUT2D eigenvalue weighted by molar-refractivity contribution is 0.187. The quantitative estimate of drug-likeness (QED) is 0.759. The highest BCUT2D eigenvalue weighted by molar-refractivity contribution is 5.17. The van der Waals surface area contributed by atoms with Crippen LogP contribution < -0.4 is 10.1 Å². The van der Waals surface area contributed by atoms with Gasteiger partial charge in [-0.3, -0.25) is 0 Å². The second kappa shape index (κ2) is 5.09. The Hall–Kier alpha value is -1.13. The summed E-state index contributed by atoms with van der Waals surface area (Å²) >= 11 is 0. The first kappa shape index (κ1) is 11.9. The molecule has 0 aliphatic heterocycles. The van der Waals surface area contributed by atoms with Crippen LogP contribution in [0.15, 0.2) is 18.3 Å². The van der Waals surface area contributed by atoms with Gasteiger partial charge in [-0.05, 0) is 19.4 Å². The van der Waals surface area contributed by atoms with E-state index in [1.807, 2.05) is 26.0 Å². The van der Waals surface area contributed by atoms with Crippen LogP contribution in [0, 0.1) is 0 Å². The zero-order chi connectivity index (χ0) is 11.3. The molecule has 15 heavy (non-hydrogen) atoms. The number of aromatic nitrogens is 1. The number of ether oxygens (including phenoxy) is 1. The van der Waals surface area contributed by atoms with Crippen molar-refractivity contribution < 1.29 is 9.84 Å². The van der Waals surface area contributed by atoms with Crippen molar-refractivity contribution in [3.05, 3.63) is 23.9 Å². The van der Waals surface area contributed by atoms with Gasteiger partial charge in [-0.2, -0.15) is 0 Å². The van der Waals surface area contributed by atoms with Crippen molar-refractivity contribution in [1.29, 1.82) is 0 Å². The maximum absolute atomic E-state index is 9.06. The number of nitrogens with zero attached hydrogens (tertiary/aromatic N) is 1. The summed E-state index contributed by atoms with van der Waals surface area (Å²) in [6, 6.07) is 3.77. The second-order valence-electron chi connectivity index (χ2n) is 4.10. The molecule has 0 aromatic carbocycles. The van der Waals surface area contributed by atoms with Crippen LogP contribution in [0.5, 0.6) is 5.88 Å². The van der Waals surface area contributed by atoms with E-state index in [1.54, 1.807) is 13.3 Å². The van der Waals surface area contributed by atoms with Gasteiger partial charge in [0.1, 0.15) is 0 Å².